The highest BCUT2D eigenvalue weighted by Gasteiger charge is 2.53. The number of imidazole rings is 2. The molecule has 16 heteroatoms. The van der Waals surface area contributed by atoms with Crippen molar-refractivity contribution in [2.24, 2.45) is 22.7 Å². The van der Waals surface area contributed by atoms with Gasteiger partial charge in [-0.05, 0) is 137 Å². The highest BCUT2D eigenvalue weighted by molar-refractivity contribution is 5.87. The molecule has 72 heavy (non-hydrogen) atoms. The molecule has 0 radical (unpaired) electrons. The van der Waals surface area contributed by atoms with Crippen LogP contribution in [0.15, 0.2) is 60.9 Å². The SMILES string of the molecule is COC(=O)NC(C(=O)N1CC2(CCCC2)CC1c1ncc(-c2ccc(-c3ccc(-c4cnc(C5CC6(CCCC6)CN5C(=O)C(NC(=O)OC)C5CC(C)OC(C)C5)[nH]4)cc3)cc2)[nH]1)C1CC(C)OC(C)C1. The first kappa shape index (κ1) is 49.8. The van der Waals surface area contributed by atoms with Gasteiger partial charge in [0.15, 0.2) is 0 Å². The van der Waals surface area contributed by atoms with E-state index < -0.39 is 24.3 Å². The number of ether oxygens (including phenoxy) is 4. The minimum Gasteiger partial charge on any atom is -0.453 e. The largest absolute Gasteiger partial charge is 0.453 e. The molecule has 4 amide bonds. The summed E-state index contributed by atoms with van der Waals surface area (Å²) in [4.78, 5) is 76.0. The van der Waals surface area contributed by atoms with E-state index in [9.17, 15) is 19.2 Å². The first-order chi connectivity index (χ1) is 34.7. The van der Waals surface area contributed by atoms with Crippen molar-refractivity contribution in [3.8, 4) is 33.6 Å². The molecule has 4 saturated heterocycles. The van der Waals surface area contributed by atoms with Crippen LogP contribution in [0.3, 0.4) is 0 Å². The molecular weight excluding hydrogens is 913 g/mol. The lowest BCUT2D eigenvalue weighted by Gasteiger charge is -2.38. The van der Waals surface area contributed by atoms with Gasteiger partial charge in [-0.3, -0.25) is 9.59 Å². The Morgan fingerprint density at radius 1 is 0.569 bits per heavy atom. The van der Waals surface area contributed by atoms with E-state index in [0.717, 1.165) is 109 Å². The molecule has 10 rings (SSSR count). The lowest BCUT2D eigenvalue weighted by atomic mass is 9.84. The van der Waals surface area contributed by atoms with Crippen LogP contribution in [0.25, 0.3) is 33.6 Å². The van der Waals surface area contributed by atoms with E-state index in [2.05, 4.69) is 69.1 Å². The molecule has 386 valence electrons. The van der Waals surface area contributed by atoms with Gasteiger partial charge in [0.05, 0.1) is 74.5 Å². The van der Waals surface area contributed by atoms with E-state index in [1.807, 2.05) is 49.9 Å². The molecule has 2 spiro atoms. The summed E-state index contributed by atoms with van der Waals surface area (Å²) in [7, 11) is 2.67. The highest BCUT2D eigenvalue weighted by Crippen LogP contribution is 2.54. The predicted molar refractivity (Wildman–Crippen MR) is 271 cm³/mol. The Morgan fingerprint density at radius 2 is 0.903 bits per heavy atom. The average Bonchev–Trinajstić information content (AvgIpc) is 4.25. The Labute approximate surface area is 423 Å². The molecule has 2 aromatic carbocycles. The number of carbonyl (C=O) groups is 4. The van der Waals surface area contributed by atoms with Gasteiger partial charge in [0.2, 0.25) is 11.8 Å². The van der Waals surface area contributed by atoms with E-state index in [1.54, 1.807) is 0 Å². The summed E-state index contributed by atoms with van der Waals surface area (Å²) in [6, 6.07) is 14.9. The van der Waals surface area contributed by atoms with E-state index in [1.165, 1.54) is 14.2 Å². The summed E-state index contributed by atoms with van der Waals surface area (Å²) >= 11 is 0. The van der Waals surface area contributed by atoms with Crippen molar-refractivity contribution in [3.05, 3.63) is 72.6 Å². The Morgan fingerprint density at radius 3 is 1.24 bits per heavy atom. The Hall–Kier alpha value is -5.74. The van der Waals surface area contributed by atoms with Crippen LogP contribution in [0.2, 0.25) is 0 Å². The Balaban J connectivity index is 0.840. The number of rotatable bonds is 11. The van der Waals surface area contributed by atoms with Gasteiger partial charge < -0.3 is 49.3 Å². The summed E-state index contributed by atoms with van der Waals surface area (Å²) < 4.78 is 22.1. The predicted octanol–water partition coefficient (Wildman–Crippen LogP) is 9.66. The Bertz CT molecular complexity index is 2370. The van der Waals surface area contributed by atoms with Gasteiger partial charge in [-0.2, -0.15) is 0 Å². The number of H-pyrrole nitrogens is 2. The average molecular weight is 987 g/mol. The van der Waals surface area contributed by atoms with E-state index in [0.29, 0.717) is 38.8 Å². The van der Waals surface area contributed by atoms with Crippen LogP contribution in [-0.4, -0.2) is 118 Å². The van der Waals surface area contributed by atoms with Gasteiger partial charge >= 0.3 is 12.2 Å². The first-order valence-electron chi connectivity index (χ1n) is 26.6. The normalized spacial score (nSPS) is 28.5. The third-order valence-electron chi connectivity index (χ3n) is 17.3. The zero-order valence-corrected chi connectivity index (χ0v) is 42.9. The molecule has 16 nitrogen and oxygen atoms in total. The molecule has 6 aliphatic rings. The van der Waals surface area contributed by atoms with E-state index in [-0.39, 0.29) is 71.0 Å². The number of methoxy groups -OCH3 is 2. The van der Waals surface area contributed by atoms with Crippen LogP contribution in [0.4, 0.5) is 9.59 Å². The summed E-state index contributed by atoms with van der Waals surface area (Å²) in [5.41, 5.74) is 5.93. The van der Waals surface area contributed by atoms with Crippen LogP contribution < -0.4 is 10.6 Å². The monoisotopic (exact) mass is 987 g/mol. The fraction of sp³-hybridized carbons (Fsp3) is 0.607. The summed E-state index contributed by atoms with van der Waals surface area (Å²) in [6.45, 7) is 9.40. The molecule has 2 saturated carbocycles. The van der Waals surface area contributed by atoms with Gasteiger partial charge in [0.1, 0.15) is 23.7 Å². The lowest BCUT2D eigenvalue weighted by molar-refractivity contribution is -0.139. The number of hydrogen-bond acceptors (Lipinski definition) is 10. The molecule has 4 N–H and O–H groups in total. The molecule has 2 aliphatic carbocycles. The third kappa shape index (κ3) is 10.3. The fourth-order valence-corrected chi connectivity index (χ4v) is 14.0. The van der Waals surface area contributed by atoms with Crippen molar-refractivity contribution >= 4 is 24.0 Å². The second-order valence-electron chi connectivity index (χ2n) is 22.5. The third-order valence-corrected chi connectivity index (χ3v) is 17.3. The number of amides is 4. The Kier molecular flexibility index (Phi) is 14.3. The van der Waals surface area contributed by atoms with Crippen molar-refractivity contribution in [2.45, 2.75) is 166 Å². The van der Waals surface area contributed by atoms with Crippen LogP contribution in [0.1, 0.15) is 141 Å². The standard InChI is InChI=1S/C56H74N8O8/c1-33-23-41(24-34(2)71-33)47(61-53(67)69-5)51(65)63-31-55(19-7-8-20-55)27-45(63)49-57-29-43(59-49)39-15-11-37(12-16-39)38-13-17-40(18-14-38)44-30-58-50(60-44)46-28-56(21-9-10-22-56)32-64(46)52(66)48(62-54(68)70-6)42-25-35(3)72-36(4)26-42/h11-18,29-30,33-36,41-42,45-48H,7-10,19-28,31-32H2,1-6H3,(H,57,59)(H,58,60)(H,61,67)(H,62,68). The number of benzene rings is 2. The minimum absolute atomic E-state index is 0.0205. The van der Waals surface area contributed by atoms with Crippen molar-refractivity contribution in [3.63, 3.8) is 0 Å². The summed E-state index contributed by atoms with van der Waals surface area (Å²) in [6.07, 6.45) is 15.7. The second-order valence-corrected chi connectivity index (χ2v) is 22.5. The molecule has 2 aromatic heterocycles. The number of aromatic amines is 2. The molecule has 8 atom stereocenters. The van der Waals surface area contributed by atoms with Crippen LogP contribution in [0.5, 0.6) is 0 Å². The van der Waals surface area contributed by atoms with Gasteiger partial charge in [-0.15, -0.1) is 0 Å². The van der Waals surface area contributed by atoms with Gasteiger partial charge in [0.25, 0.3) is 0 Å². The minimum atomic E-state index is -0.726. The summed E-state index contributed by atoms with van der Waals surface area (Å²) in [5, 5.41) is 5.88. The number of aromatic nitrogens is 4. The highest BCUT2D eigenvalue weighted by atomic mass is 16.5. The maximum absolute atomic E-state index is 14.8. The van der Waals surface area contributed by atoms with Crippen LogP contribution in [0, 0.1) is 22.7 Å². The van der Waals surface area contributed by atoms with Gasteiger partial charge in [-0.1, -0.05) is 74.2 Å². The van der Waals surface area contributed by atoms with Gasteiger partial charge in [0, 0.05) is 13.1 Å². The van der Waals surface area contributed by atoms with Crippen LogP contribution in [-0.2, 0) is 28.5 Å². The van der Waals surface area contributed by atoms with Gasteiger partial charge in [-0.25, -0.2) is 19.6 Å². The number of likely N-dealkylation sites (tertiary alicyclic amines) is 2. The fourth-order valence-electron chi connectivity index (χ4n) is 14.0. The van der Waals surface area contributed by atoms with Crippen molar-refractivity contribution in [2.75, 3.05) is 27.3 Å². The first-order valence-corrected chi connectivity index (χ1v) is 26.6. The molecule has 4 aromatic rings. The topological polar surface area (TPSA) is 193 Å². The zero-order chi connectivity index (χ0) is 50.3. The van der Waals surface area contributed by atoms with E-state index in [4.69, 9.17) is 28.9 Å². The number of nitrogens with one attached hydrogen (secondary N) is 4. The molecule has 6 heterocycles. The smallest absolute Gasteiger partial charge is 0.407 e. The molecule has 8 unspecified atom stereocenters. The van der Waals surface area contributed by atoms with Crippen molar-refractivity contribution in [1.82, 2.24) is 40.4 Å². The number of alkyl carbamates (subject to hydrolysis) is 2. The maximum Gasteiger partial charge on any atom is 0.407 e. The number of hydrogen-bond donors (Lipinski definition) is 4. The van der Waals surface area contributed by atoms with Crippen molar-refractivity contribution in [1.29, 1.82) is 0 Å². The number of carbonyl (C=O) groups excluding carboxylic acids is 4. The molecule has 4 aliphatic heterocycles. The molecule has 0 bridgehead atoms. The van der Waals surface area contributed by atoms with Crippen LogP contribution >= 0.6 is 0 Å². The van der Waals surface area contributed by atoms with Crippen molar-refractivity contribution < 1.29 is 38.1 Å². The molecule has 6 fully saturated rings. The molecular formula is C56H74N8O8. The second kappa shape index (κ2) is 20.6. The maximum atomic E-state index is 14.8. The quantitative estimate of drug-likeness (QED) is 0.112. The number of nitrogens with zero attached hydrogens (tertiary/aromatic N) is 4. The lowest BCUT2D eigenvalue weighted by Crippen LogP contribution is -2.54. The summed E-state index contributed by atoms with van der Waals surface area (Å²) in [5.74, 6) is 1.20. The zero-order valence-electron chi connectivity index (χ0n) is 42.9. The van der Waals surface area contributed by atoms with E-state index >= 15 is 0 Å².